The SMILES string of the molecule is CC1CCN(/C(=N\c2ccc(OCc3ccc(S(C)(=O)=O)cc3)cc2)NCC(C)(C)CN)CC1. The molecule has 186 valence electrons. The highest BCUT2D eigenvalue weighted by molar-refractivity contribution is 7.90. The van der Waals surface area contributed by atoms with Gasteiger partial charge in [0.2, 0.25) is 0 Å². The minimum atomic E-state index is -3.19. The molecule has 3 rings (SSSR count). The van der Waals surface area contributed by atoms with E-state index in [1.807, 2.05) is 24.3 Å². The normalized spacial score (nSPS) is 15.9. The van der Waals surface area contributed by atoms with Crippen molar-refractivity contribution in [2.75, 3.05) is 32.4 Å². The van der Waals surface area contributed by atoms with Crippen molar-refractivity contribution in [3.05, 3.63) is 54.1 Å². The number of nitrogens with two attached hydrogens (primary N) is 1. The molecular weight excluding hydrogens is 448 g/mol. The summed E-state index contributed by atoms with van der Waals surface area (Å²) in [5.74, 6) is 2.38. The van der Waals surface area contributed by atoms with Crippen LogP contribution in [0.2, 0.25) is 0 Å². The molecule has 0 bridgehead atoms. The Hall–Kier alpha value is -2.58. The smallest absolute Gasteiger partial charge is 0.199 e. The highest BCUT2D eigenvalue weighted by Crippen LogP contribution is 2.22. The number of sulfone groups is 1. The lowest BCUT2D eigenvalue weighted by atomic mass is 9.94. The number of guanidine groups is 1. The maximum absolute atomic E-state index is 11.6. The van der Waals surface area contributed by atoms with Gasteiger partial charge in [0, 0.05) is 25.9 Å². The minimum absolute atomic E-state index is 0.0128. The minimum Gasteiger partial charge on any atom is -0.489 e. The van der Waals surface area contributed by atoms with E-state index in [9.17, 15) is 8.42 Å². The van der Waals surface area contributed by atoms with E-state index < -0.39 is 9.84 Å². The average molecular weight is 487 g/mol. The van der Waals surface area contributed by atoms with Crippen molar-refractivity contribution in [2.45, 2.75) is 45.1 Å². The first-order valence-electron chi connectivity index (χ1n) is 11.9. The first kappa shape index (κ1) is 26.0. The molecule has 0 spiro atoms. The van der Waals surface area contributed by atoms with Crippen LogP contribution in [-0.4, -0.2) is 51.7 Å². The lowest BCUT2D eigenvalue weighted by Gasteiger charge is -2.34. The fourth-order valence-electron chi connectivity index (χ4n) is 3.57. The van der Waals surface area contributed by atoms with Crippen LogP contribution in [0, 0.1) is 11.3 Å². The van der Waals surface area contributed by atoms with Crippen molar-refractivity contribution in [1.82, 2.24) is 10.2 Å². The van der Waals surface area contributed by atoms with Crippen LogP contribution in [0.1, 0.15) is 39.2 Å². The van der Waals surface area contributed by atoms with Gasteiger partial charge in [-0.2, -0.15) is 0 Å². The Kier molecular flexibility index (Phi) is 8.60. The Morgan fingerprint density at radius 2 is 1.74 bits per heavy atom. The Labute approximate surface area is 204 Å². The van der Waals surface area contributed by atoms with Gasteiger partial charge in [0.1, 0.15) is 12.4 Å². The Balaban J connectivity index is 1.66. The number of aliphatic imine (C=N–C) groups is 1. The molecule has 7 nitrogen and oxygen atoms in total. The third kappa shape index (κ3) is 7.74. The molecule has 1 saturated heterocycles. The number of hydrogen-bond acceptors (Lipinski definition) is 5. The second kappa shape index (κ2) is 11.2. The summed E-state index contributed by atoms with van der Waals surface area (Å²) in [6.45, 7) is 10.3. The average Bonchev–Trinajstić information content (AvgIpc) is 2.81. The van der Waals surface area contributed by atoms with Gasteiger partial charge in [0.05, 0.1) is 10.6 Å². The summed E-state index contributed by atoms with van der Waals surface area (Å²) in [7, 11) is -3.19. The molecule has 0 atom stereocenters. The van der Waals surface area contributed by atoms with E-state index in [1.165, 1.54) is 19.1 Å². The van der Waals surface area contributed by atoms with E-state index in [4.69, 9.17) is 15.5 Å². The number of likely N-dealkylation sites (tertiary alicyclic amines) is 1. The van der Waals surface area contributed by atoms with E-state index in [0.29, 0.717) is 18.0 Å². The predicted octanol–water partition coefficient (Wildman–Crippen LogP) is 3.96. The molecule has 1 aliphatic heterocycles. The fraction of sp³-hybridized carbons (Fsp3) is 0.500. The molecule has 1 aliphatic rings. The van der Waals surface area contributed by atoms with Crippen LogP contribution in [0.3, 0.4) is 0 Å². The van der Waals surface area contributed by atoms with Gasteiger partial charge in [0.25, 0.3) is 0 Å². The summed E-state index contributed by atoms with van der Waals surface area (Å²) >= 11 is 0. The predicted molar refractivity (Wildman–Crippen MR) is 138 cm³/mol. The Morgan fingerprint density at radius 3 is 2.29 bits per heavy atom. The van der Waals surface area contributed by atoms with Crippen LogP contribution < -0.4 is 15.8 Å². The number of hydrogen-bond donors (Lipinski definition) is 2. The molecule has 0 aliphatic carbocycles. The summed E-state index contributed by atoms with van der Waals surface area (Å²) < 4.78 is 29.1. The second-order valence-corrected chi connectivity index (χ2v) is 12.0. The van der Waals surface area contributed by atoms with E-state index in [-0.39, 0.29) is 5.41 Å². The van der Waals surface area contributed by atoms with Gasteiger partial charge in [-0.25, -0.2) is 13.4 Å². The summed E-state index contributed by atoms with van der Waals surface area (Å²) in [4.78, 5) is 7.55. The van der Waals surface area contributed by atoms with Crippen LogP contribution in [0.4, 0.5) is 5.69 Å². The quantitative estimate of drug-likeness (QED) is 0.433. The van der Waals surface area contributed by atoms with Crippen molar-refractivity contribution in [1.29, 1.82) is 0 Å². The molecule has 2 aromatic carbocycles. The summed E-state index contributed by atoms with van der Waals surface area (Å²) in [6.07, 6.45) is 3.53. The number of ether oxygens (including phenoxy) is 1. The molecule has 0 unspecified atom stereocenters. The first-order valence-corrected chi connectivity index (χ1v) is 13.7. The first-order chi connectivity index (χ1) is 16.1. The summed E-state index contributed by atoms with van der Waals surface area (Å²) in [5.41, 5.74) is 7.67. The Morgan fingerprint density at radius 1 is 1.12 bits per heavy atom. The monoisotopic (exact) mass is 486 g/mol. The van der Waals surface area contributed by atoms with Crippen molar-refractivity contribution in [2.24, 2.45) is 22.1 Å². The van der Waals surface area contributed by atoms with Crippen molar-refractivity contribution < 1.29 is 13.2 Å². The molecular formula is C26H38N4O3S. The van der Waals surface area contributed by atoms with Gasteiger partial charge in [-0.3, -0.25) is 0 Å². The zero-order chi connectivity index (χ0) is 24.8. The highest BCUT2D eigenvalue weighted by Gasteiger charge is 2.22. The zero-order valence-corrected chi connectivity index (χ0v) is 21.6. The highest BCUT2D eigenvalue weighted by atomic mass is 32.2. The summed E-state index contributed by atoms with van der Waals surface area (Å²) in [6, 6.07) is 14.5. The van der Waals surface area contributed by atoms with Gasteiger partial charge in [-0.05, 0) is 72.7 Å². The van der Waals surface area contributed by atoms with Gasteiger partial charge in [-0.15, -0.1) is 0 Å². The van der Waals surface area contributed by atoms with Gasteiger partial charge in [-0.1, -0.05) is 32.9 Å². The molecule has 1 fully saturated rings. The molecule has 0 radical (unpaired) electrons. The van der Waals surface area contributed by atoms with Crippen LogP contribution in [0.15, 0.2) is 58.4 Å². The largest absolute Gasteiger partial charge is 0.489 e. The number of rotatable bonds is 8. The lowest BCUT2D eigenvalue weighted by molar-refractivity contribution is 0.269. The standard InChI is InChI=1S/C26H38N4O3S/c1-20-13-15-30(16-14-20)25(28-19-26(2,3)18-27)29-22-7-9-23(10-8-22)33-17-21-5-11-24(12-6-21)34(4,31)32/h5-12,20H,13-19,27H2,1-4H3,(H,28,29). The summed E-state index contributed by atoms with van der Waals surface area (Å²) in [5, 5.41) is 3.54. The second-order valence-electron chi connectivity index (χ2n) is 10.0. The number of benzene rings is 2. The molecule has 0 aromatic heterocycles. The number of nitrogens with one attached hydrogen (secondary N) is 1. The van der Waals surface area contributed by atoms with Gasteiger partial charge >= 0.3 is 0 Å². The van der Waals surface area contributed by atoms with Crippen molar-refractivity contribution in [3.63, 3.8) is 0 Å². The Bertz CT molecular complexity index is 1060. The zero-order valence-electron chi connectivity index (χ0n) is 20.8. The molecule has 2 aromatic rings. The lowest BCUT2D eigenvalue weighted by Crippen LogP contribution is -2.48. The maximum Gasteiger partial charge on any atom is 0.199 e. The molecule has 0 amide bonds. The topological polar surface area (TPSA) is 97.0 Å². The van der Waals surface area contributed by atoms with E-state index in [2.05, 4.69) is 31.0 Å². The molecule has 3 N–H and O–H groups in total. The molecule has 0 saturated carbocycles. The van der Waals surface area contributed by atoms with Gasteiger partial charge < -0.3 is 20.7 Å². The van der Waals surface area contributed by atoms with E-state index >= 15 is 0 Å². The van der Waals surface area contributed by atoms with Gasteiger partial charge in [0.15, 0.2) is 15.8 Å². The number of nitrogens with zero attached hydrogens (tertiary/aromatic N) is 2. The fourth-order valence-corrected chi connectivity index (χ4v) is 4.20. The third-order valence-corrected chi connectivity index (χ3v) is 7.32. The van der Waals surface area contributed by atoms with Crippen LogP contribution >= 0.6 is 0 Å². The van der Waals surface area contributed by atoms with Crippen molar-refractivity contribution >= 4 is 21.5 Å². The number of piperidine rings is 1. The van der Waals surface area contributed by atoms with E-state index in [1.54, 1.807) is 24.3 Å². The molecule has 8 heteroatoms. The van der Waals surface area contributed by atoms with Crippen LogP contribution in [0.25, 0.3) is 0 Å². The molecule has 34 heavy (non-hydrogen) atoms. The third-order valence-electron chi connectivity index (χ3n) is 6.19. The van der Waals surface area contributed by atoms with Crippen LogP contribution in [-0.2, 0) is 16.4 Å². The maximum atomic E-state index is 11.6. The van der Waals surface area contributed by atoms with Crippen LogP contribution in [0.5, 0.6) is 5.75 Å². The molecule has 1 heterocycles. The van der Waals surface area contributed by atoms with Crippen molar-refractivity contribution in [3.8, 4) is 5.75 Å². The van der Waals surface area contributed by atoms with E-state index in [0.717, 1.165) is 48.5 Å².